The van der Waals surface area contributed by atoms with Crippen molar-refractivity contribution < 1.29 is 0 Å². The fraction of sp³-hybridized carbons (Fsp3) is 0.400. The summed E-state index contributed by atoms with van der Waals surface area (Å²) in [6.07, 6.45) is 7.79. The van der Waals surface area contributed by atoms with Crippen LogP contribution in [0.4, 0.5) is 0 Å². The highest BCUT2D eigenvalue weighted by molar-refractivity contribution is 9.10. The van der Waals surface area contributed by atoms with E-state index in [0.29, 0.717) is 6.04 Å². The van der Waals surface area contributed by atoms with Crippen LogP contribution in [0.1, 0.15) is 19.3 Å². The van der Waals surface area contributed by atoms with Crippen molar-refractivity contribution in [3.63, 3.8) is 0 Å². The summed E-state index contributed by atoms with van der Waals surface area (Å²) in [6.45, 7) is 2.15. The Morgan fingerprint density at radius 2 is 2.11 bits per heavy atom. The molecule has 1 unspecified atom stereocenters. The smallest absolute Gasteiger partial charge is 0.0951 e. The topological polar surface area (TPSA) is 29.9 Å². The van der Waals surface area contributed by atoms with Crippen LogP contribution < -0.4 is 5.32 Å². The van der Waals surface area contributed by atoms with E-state index in [1.165, 1.54) is 30.5 Å². The molecule has 1 aliphatic rings. The molecule has 3 nitrogen and oxygen atoms in total. The van der Waals surface area contributed by atoms with Gasteiger partial charge in [-0.15, -0.1) is 0 Å². The number of nitrogens with one attached hydrogen (secondary N) is 1. The first-order valence-corrected chi connectivity index (χ1v) is 7.62. The second kappa shape index (κ2) is 5.88. The molecule has 1 aliphatic heterocycles. The van der Waals surface area contributed by atoms with Gasteiger partial charge >= 0.3 is 0 Å². The molecule has 0 aliphatic carbocycles. The van der Waals surface area contributed by atoms with E-state index in [-0.39, 0.29) is 0 Å². The number of benzene rings is 1. The van der Waals surface area contributed by atoms with Crippen LogP contribution in [0.5, 0.6) is 0 Å². The van der Waals surface area contributed by atoms with Crippen LogP contribution in [-0.2, 0) is 6.54 Å². The monoisotopic (exact) mass is 319 g/mol. The third kappa shape index (κ3) is 3.07. The summed E-state index contributed by atoms with van der Waals surface area (Å²) in [6, 6.07) is 8.99. The van der Waals surface area contributed by atoms with Crippen LogP contribution >= 0.6 is 15.9 Å². The van der Waals surface area contributed by atoms with Crippen LogP contribution in [0.2, 0.25) is 0 Å². The highest BCUT2D eigenvalue weighted by atomic mass is 79.9. The van der Waals surface area contributed by atoms with Crippen LogP contribution in [0.25, 0.3) is 11.3 Å². The van der Waals surface area contributed by atoms with Gasteiger partial charge in [0.1, 0.15) is 0 Å². The zero-order chi connectivity index (χ0) is 13.1. The van der Waals surface area contributed by atoms with E-state index in [9.17, 15) is 0 Å². The van der Waals surface area contributed by atoms with Crippen molar-refractivity contribution in [2.75, 3.05) is 6.54 Å². The molecule has 2 aromatic rings. The number of hydrogen-bond acceptors (Lipinski definition) is 2. The highest BCUT2D eigenvalue weighted by Gasteiger charge is 2.14. The quantitative estimate of drug-likeness (QED) is 0.939. The molecule has 1 N–H and O–H groups in total. The molecule has 0 bridgehead atoms. The molecule has 3 rings (SSSR count). The molecule has 1 aromatic heterocycles. The average molecular weight is 320 g/mol. The largest absolute Gasteiger partial charge is 0.329 e. The van der Waals surface area contributed by atoms with Gasteiger partial charge in [-0.25, -0.2) is 4.98 Å². The van der Waals surface area contributed by atoms with Crippen molar-refractivity contribution in [3.05, 3.63) is 41.3 Å². The van der Waals surface area contributed by atoms with Gasteiger partial charge in [-0.1, -0.05) is 34.5 Å². The molecule has 0 spiro atoms. The van der Waals surface area contributed by atoms with Crippen molar-refractivity contribution in [2.45, 2.75) is 31.8 Å². The zero-order valence-corrected chi connectivity index (χ0v) is 12.4. The van der Waals surface area contributed by atoms with E-state index >= 15 is 0 Å². The maximum absolute atomic E-state index is 4.31. The second-order valence-electron chi connectivity index (χ2n) is 5.08. The standard InChI is InChI=1S/C15H18BrN3/c16-13-6-4-12(5-7-13)15-9-17-11-19(15)10-14-3-1-2-8-18-14/h4-7,9,11,14,18H,1-3,8,10H2. The molecule has 1 fully saturated rings. The summed E-state index contributed by atoms with van der Waals surface area (Å²) in [5.74, 6) is 0. The number of halogens is 1. The van der Waals surface area contributed by atoms with E-state index in [1.807, 2.05) is 12.5 Å². The minimum Gasteiger partial charge on any atom is -0.329 e. The van der Waals surface area contributed by atoms with Gasteiger partial charge in [-0.3, -0.25) is 0 Å². The lowest BCUT2D eigenvalue weighted by atomic mass is 10.0. The number of piperidine rings is 1. The van der Waals surface area contributed by atoms with Crippen molar-refractivity contribution in [1.29, 1.82) is 0 Å². The molecule has 0 saturated carbocycles. The first-order valence-electron chi connectivity index (χ1n) is 6.82. The lowest BCUT2D eigenvalue weighted by molar-refractivity contribution is 0.364. The van der Waals surface area contributed by atoms with Gasteiger partial charge in [-0.2, -0.15) is 0 Å². The normalized spacial score (nSPS) is 19.5. The molecule has 2 heterocycles. The number of aromatic nitrogens is 2. The predicted octanol–water partition coefficient (Wildman–Crippen LogP) is 3.45. The zero-order valence-electron chi connectivity index (χ0n) is 10.8. The third-order valence-corrected chi connectivity index (χ3v) is 4.21. The molecule has 1 atom stereocenters. The number of nitrogens with zero attached hydrogens (tertiary/aromatic N) is 2. The number of hydrogen-bond donors (Lipinski definition) is 1. The third-order valence-electron chi connectivity index (χ3n) is 3.68. The van der Waals surface area contributed by atoms with Gasteiger partial charge < -0.3 is 9.88 Å². The summed E-state index contributed by atoms with van der Waals surface area (Å²) < 4.78 is 3.36. The molecule has 0 radical (unpaired) electrons. The molecule has 1 aromatic carbocycles. The Labute approximate surface area is 122 Å². The van der Waals surface area contributed by atoms with Crippen molar-refractivity contribution in [3.8, 4) is 11.3 Å². The first kappa shape index (κ1) is 12.9. The van der Waals surface area contributed by atoms with E-state index < -0.39 is 0 Å². The maximum atomic E-state index is 4.31. The summed E-state index contributed by atoms with van der Waals surface area (Å²) in [5, 5.41) is 3.59. The summed E-state index contributed by atoms with van der Waals surface area (Å²) in [5.41, 5.74) is 2.41. The number of rotatable bonds is 3. The summed E-state index contributed by atoms with van der Waals surface area (Å²) in [7, 11) is 0. The lowest BCUT2D eigenvalue weighted by Crippen LogP contribution is -2.37. The summed E-state index contributed by atoms with van der Waals surface area (Å²) >= 11 is 3.47. The summed E-state index contributed by atoms with van der Waals surface area (Å²) in [4.78, 5) is 4.31. The van der Waals surface area contributed by atoms with Crippen LogP contribution in [0.3, 0.4) is 0 Å². The van der Waals surface area contributed by atoms with E-state index in [1.54, 1.807) is 0 Å². The molecule has 19 heavy (non-hydrogen) atoms. The Morgan fingerprint density at radius 3 is 2.84 bits per heavy atom. The Balaban J connectivity index is 1.79. The minimum atomic E-state index is 0.581. The van der Waals surface area contributed by atoms with Crippen LogP contribution in [0.15, 0.2) is 41.3 Å². The van der Waals surface area contributed by atoms with E-state index in [4.69, 9.17) is 0 Å². The Kier molecular flexibility index (Phi) is 3.99. The second-order valence-corrected chi connectivity index (χ2v) is 6.00. The van der Waals surface area contributed by atoms with Crippen LogP contribution in [0, 0.1) is 0 Å². The van der Waals surface area contributed by atoms with Crippen molar-refractivity contribution in [2.24, 2.45) is 0 Å². The van der Waals surface area contributed by atoms with Gasteiger partial charge in [0.2, 0.25) is 0 Å². The molecular formula is C15H18BrN3. The molecule has 4 heteroatoms. The highest BCUT2D eigenvalue weighted by Crippen LogP contribution is 2.22. The van der Waals surface area contributed by atoms with Gasteiger partial charge in [0.25, 0.3) is 0 Å². The molecular weight excluding hydrogens is 302 g/mol. The Morgan fingerprint density at radius 1 is 1.26 bits per heavy atom. The fourth-order valence-electron chi connectivity index (χ4n) is 2.64. The SMILES string of the molecule is Brc1ccc(-c2cncn2CC2CCCCN2)cc1. The van der Waals surface area contributed by atoms with Gasteiger partial charge in [-0.05, 0) is 37.1 Å². The van der Waals surface area contributed by atoms with E-state index in [0.717, 1.165) is 17.6 Å². The molecule has 0 amide bonds. The number of imidazole rings is 1. The van der Waals surface area contributed by atoms with Gasteiger partial charge in [0, 0.05) is 17.1 Å². The van der Waals surface area contributed by atoms with Crippen molar-refractivity contribution in [1.82, 2.24) is 14.9 Å². The first-order chi connectivity index (χ1) is 9.33. The van der Waals surface area contributed by atoms with E-state index in [2.05, 4.69) is 55.1 Å². The Hall–Kier alpha value is -1.13. The lowest BCUT2D eigenvalue weighted by Gasteiger charge is -2.24. The Bertz CT molecular complexity index is 527. The van der Waals surface area contributed by atoms with Gasteiger partial charge in [0.15, 0.2) is 0 Å². The molecule has 1 saturated heterocycles. The van der Waals surface area contributed by atoms with Gasteiger partial charge in [0.05, 0.1) is 18.2 Å². The average Bonchev–Trinajstić information content (AvgIpc) is 2.89. The fourth-order valence-corrected chi connectivity index (χ4v) is 2.91. The van der Waals surface area contributed by atoms with Crippen molar-refractivity contribution >= 4 is 15.9 Å². The molecule has 100 valence electrons. The predicted molar refractivity (Wildman–Crippen MR) is 81.0 cm³/mol. The maximum Gasteiger partial charge on any atom is 0.0951 e. The van der Waals surface area contributed by atoms with Crippen LogP contribution in [-0.4, -0.2) is 22.1 Å². The minimum absolute atomic E-state index is 0.581.